The van der Waals surface area contributed by atoms with E-state index in [1.54, 1.807) is 55.4 Å². The lowest BCUT2D eigenvalue weighted by Crippen LogP contribution is -2.24. The number of hydrazone groups is 1. The van der Waals surface area contributed by atoms with Crippen LogP contribution in [0.5, 0.6) is 5.75 Å². The molecule has 0 aliphatic rings. The average molecular weight is 377 g/mol. The van der Waals surface area contributed by atoms with E-state index in [0.717, 1.165) is 0 Å². The number of hydrogen-bond donors (Lipinski definition) is 1. The summed E-state index contributed by atoms with van der Waals surface area (Å²) < 4.78 is 5.28. The molecule has 2 aromatic carbocycles. The third kappa shape index (κ3) is 5.18. The lowest BCUT2D eigenvalue weighted by Gasteiger charge is -2.12. The van der Waals surface area contributed by atoms with Gasteiger partial charge in [0.15, 0.2) is 6.61 Å². The van der Waals surface area contributed by atoms with Gasteiger partial charge in [0.05, 0.1) is 16.2 Å². The molecule has 8 nitrogen and oxygen atoms in total. The minimum absolute atomic E-state index is 0.0488. The third-order valence-electron chi connectivity index (χ3n) is 3.28. The molecule has 0 fully saturated rings. The van der Waals surface area contributed by atoms with Crippen molar-refractivity contribution < 1.29 is 14.5 Å². The number of halogens is 1. The van der Waals surface area contributed by atoms with Crippen LogP contribution in [0.15, 0.2) is 47.6 Å². The number of ether oxygens (including phenoxy) is 1. The van der Waals surface area contributed by atoms with Crippen molar-refractivity contribution in [2.45, 2.75) is 0 Å². The van der Waals surface area contributed by atoms with Crippen molar-refractivity contribution in [3.05, 3.63) is 63.2 Å². The van der Waals surface area contributed by atoms with Gasteiger partial charge in [0.2, 0.25) is 0 Å². The lowest BCUT2D eigenvalue weighted by atomic mass is 10.2. The zero-order valence-corrected chi connectivity index (χ0v) is 14.9. The second-order valence-electron chi connectivity index (χ2n) is 5.41. The van der Waals surface area contributed by atoms with Crippen LogP contribution >= 0.6 is 11.6 Å². The summed E-state index contributed by atoms with van der Waals surface area (Å²) >= 11 is 5.92. The largest absolute Gasteiger partial charge is 0.482 e. The lowest BCUT2D eigenvalue weighted by molar-refractivity contribution is -0.384. The number of nitrogens with zero attached hydrogens (tertiary/aromatic N) is 3. The number of hydrogen-bond acceptors (Lipinski definition) is 6. The fraction of sp³-hybridized carbons (Fsp3) is 0.176. The second kappa shape index (κ2) is 8.82. The molecule has 0 heterocycles. The number of amides is 1. The molecule has 0 unspecified atom stereocenters. The maximum Gasteiger partial charge on any atom is 0.293 e. The molecule has 0 aromatic heterocycles. The first-order valence-corrected chi connectivity index (χ1v) is 7.91. The number of nitro benzene ring substituents is 1. The molecule has 136 valence electrons. The van der Waals surface area contributed by atoms with Crippen LogP contribution < -0.4 is 15.1 Å². The van der Waals surface area contributed by atoms with Crippen LogP contribution in [0.2, 0.25) is 5.02 Å². The summed E-state index contributed by atoms with van der Waals surface area (Å²) in [4.78, 5) is 24.0. The first-order valence-electron chi connectivity index (χ1n) is 7.53. The number of carbonyl (C=O) groups excluding carboxylic acids is 1. The number of para-hydroxylation sites is 1. The summed E-state index contributed by atoms with van der Waals surface area (Å²) in [7, 11) is 3.44. The average Bonchev–Trinajstić information content (AvgIpc) is 2.60. The molecule has 1 amide bonds. The van der Waals surface area contributed by atoms with Crippen LogP contribution in [-0.4, -0.2) is 37.7 Å². The van der Waals surface area contributed by atoms with E-state index in [9.17, 15) is 14.9 Å². The third-order valence-corrected chi connectivity index (χ3v) is 3.59. The zero-order chi connectivity index (χ0) is 19.1. The summed E-state index contributed by atoms with van der Waals surface area (Å²) in [6.45, 7) is -0.263. The number of nitrogens with one attached hydrogen (secondary N) is 1. The standard InChI is InChI=1S/C17H17ClN4O4/c1-21(2)14-8-7-12(9-15(14)22(24)25)10-19-20-17(23)11-26-16-6-4-3-5-13(16)18/h3-10H,11H2,1-2H3,(H,20,23)/b19-10-. The van der Waals surface area contributed by atoms with Crippen molar-refractivity contribution >= 4 is 35.1 Å². The van der Waals surface area contributed by atoms with Crippen molar-refractivity contribution in [1.29, 1.82) is 0 Å². The van der Waals surface area contributed by atoms with E-state index in [-0.39, 0.29) is 12.3 Å². The van der Waals surface area contributed by atoms with Gasteiger partial charge in [-0.15, -0.1) is 0 Å². The van der Waals surface area contributed by atoms with E-state index in [2.05, 4.69) is 10.5 Å². The van der Waals surface area contributed by atoms with E-state index < -0.39 is 10.8 Å². The summed E-state index contributed by atoms with van der Waals surface area (Å²) in [5.41, 5.74) is 3.20. The van der Waals surface area contributed by atoms with Crippen LogP contribution in [0.1, 0.15) is 5.56 Å². The summed E-state index contributed by atoms with van der Waals surface area (Å²) in [6.07, 6.45) is 1.32. The van der Waals surface area contributed by atoms with Gasteiger partial charge >= 0.3 is 0 Å². The molecule has 0 aliphatic heterocycles. The molecular formula is C17H17ClN4O4. The molecule has 2 aromatic rings. The van der Waals surface area contributed by atoms with E-state index >= 15 is 0 Å². The summed E-state index contributed by atoms with van der Waals surface area (Å²) in [5, 5.41) is 15.3. The highest BCUT2D eigenvalue weighted by atomic mass is 35.5. The van der Waals surface area contributed by atoms with Gasteiger partial charge in [-0.25, -0.2) is 5.43 Å². The highest BCUT2D eigenvalue weighted by Gasteiger charge is 2.15. The van der Waals surface area contributed by atoms with Crippen molar-refractivity contribution in [3.8, 4) is 5.75 Å². The van der Waals surface area contributed by atoms with Crippen molar-refractivity contribution in [2.75, 3.05) is 25.6 Å². The number of nitro groups is 1. The molecule has 0 bridgehead atoms. The number of rotatable bonds is 7. The summed E-state index contributed by atoms with van der Waals surface area (Å²) in [5.74, 6) is -0.0937. The van der Waals surface area contributed by atoms with Crippen molar-refractivity contribution in [2.24, 2.45) is 5.10 Å². The Morgan fingerprint density at radius 3 is 2.73 bits per heavy atom. The van der Waals surface area contributed by atoms with Gasteiger partial charge in [-0.05, 0) is 18.2 Å². The Bertz CT molecular complexity index is 839. The minimum atomic E-state index is -0.486. The molecule has 0 saturated carbocycles. The Labute approximate surface area is 155 Å². The normalized spacial score (nSPS) is 10.6. The van der Waals surface area contributed by atoms with E-state index in [0.29, 0.717) is 22.0 Å². The Morgan fingerprint density at radius 1 is 1.35 bits per heavy atom. The molecule has 0 aliphatic carbocycles. The second-order valence-corrected chi connectivity index (χ2v) is 5.82. The van der Waals surface area contributed by atoms with Gasteiger partial charge in [-0.1, -0.05) is 29.8 Å². The molecule has 26 heavy (non-hydrogen) atoms. The Hall–Kier alpha value is -3.13. The monoisotopic (exact) mass is 376 g/mol. The smallest absolute Gasteiger partial charge is 0.293 e. The minimum Gasteiger partial charge on any atom is -0.482 e. The van der Waals surface area contributed by atoms with E-state index in [1.165, 1.54) is 12.3 Å². The van der Waals surface area contributed by atoms with Gasteiger partial charge in [0, 0.05) is 25.7 Å². The first-order chi connectivity index (χ1) is 12.4. The van der Waals surface area contributed by atoms with Crippen LogP contribution in [0, 0.1) is 10.1 Å². The number of benzene rings is 2. The Morgan fingerprint density at radius 2 is 2.08 bits per heavy atom. The topological polar surface area (TPSA) is 97.1 Å². The van der Waals surface area contributed by atoms with Gasteiger partial charge in [-0.2, -0.15) is 5.10 Å². The van der Waals surface area contributed by atoms with Crippen LogP contribution in [-0.2, 0) is 4.79 Å². The number of anilines is 1. The predicted molar refractivity (Wildman–Crippen MR) is 100 cm³/mol. The van der Waals surface area contributed by atoms with Crippen LogP contribution in [0.3, 0.4) is 0 Å². The first kappa shape index (κ1) is 19.2. The molecule has 0 atom stereocenters. The molecule has 0 saturated heterocycles. The molecule has 2 rings (SSSR count). The fourth-order valence-electron chi connectivity index (χ4n) is 2.06. The van der Waals surface area contributed by atoms with Crippen molar-refractivity contribution in [1.82, 2.24) is 5.43 Å². The zero-order valence-electron chi connectivity index (χ0n) is 14.2. The number of carbonyl (C=O) groups is 1. The summed E-state index contributed by atoms with van der Waals surface area (Å²) in [6, 6.07) is 11.4. The maximum atomic E-state index is 11.7. The van der Waals surface area contributed by atoms with E-state index in [4.69, 9.17) is 16.3 Å². The van der Waals surface area contributed by atoms with Gasteiger partial charge in [0.1, 0.15) is 11.4 Å². The maximum absolute atomic E-state index is 11.7. The molecule has 9 heteroatoms. The molecule has 1 N–H and O–H groups in total. The molecule has 0 radical (unpaired) electrons. The van der Waals surface area contributed by atoms with Crippen LogP contribution in [0.4, 0.5) is 11.4 Å². The molecular weight excluding hydrogens is 360 g/mol. The van der Waals surface area contributed by atoms with Gasteiger partial charge in [-0.3, -0.25) is 14.9 Å². The Kier molecular flexibility index (Phi) is 6.51. The van der Waals surface area contributed by atoms with Gasteiger partial charge in [0.25, 0.3) is 11.6 Å². The highest BCUT2D eigenvalue weighted by Crippen LogP contribution is 2.27. The van der Waals surface area contributed by atoms with E-state index in [1.807, 2.05) is 0 Å². The van der Waals surface area contributed by atoms with Gasteiger partial charge < -0.3 is 9.64 Å². The quantitative estimate of drug-likeness (QED) is 0.455. The van der Waals surface area contributed by atoms with Crippen LogP contribution in [0.25, 0.3) is 0 Å². The SMILES string of the molecule is CN(C)c1ccc(/C=N\NC(=O)COc2ccccc2Cl)cc1[N+](=O)[O-]. The Balaban J connectivity index is 1.95. The predicted octanol–water partition coefficient (Wildman–Crippen LogP) is 2.84. The van der Waals surface area contributed by atoms with Crippen molar-refractivity contribution in [3.63, 3.8) is 0 Å². The highest BCUT2D eigenvalue weighted by molar-refractivity contribution is 6.32. The molecule has 0 spiro atoms. The fourth-order valence-corrected chi connectivity index (χ4v) is 2.25.